The molecule has 152 valence electrons. The summed E-state index contributed by atoms with van der Waals surface area (Å²) in [6, 6.07) is 11.4. The minimum absolute atomic E-state index is 0.264. The van der Waals surface area contributed by atoms with E-state index in [1.165, 1.54) is 4.90 Å². The summed E-state index contributed by atoms with van der Waals surface area (Å²) >= 11 is 4.46. The number of ether oxygens (including phenoxy) is 2. The molecule has 0 spiro atoms. The Bertz CT molecular complexity index is 973. The Balaban J connectivity index is 1.88. The van der Waals surface area contributed by atoms with E-state index in [1.54, 1.807) is 6.08 Å². The van der Waals surface area contributed by atoms with E-state index in [0.29, 0.717) is 29.6 Å². The van der Waals surface area contributed by atoms with Crippen molar-refractivity contribution < 1.29 is 19.1 Å². The maximum atomic E-state index is 12.8. The summed E-state index contributed by atoms with van der Waals surface area (Å²) in [4.78, 5) is 27.0. The van der Waals surface area contributed by atoms with Gasteiger partial charge < -0.3 is 9.47 Å². The van der Waals surface area contributed by atoms with Crippen molar-refractivity contribution in [2.45, 2.75) is 27.3 Å². The second kappa shape index (κ2) is 9.50. The number of thioether (sulfide) groups is 1. The summed E-state index contributed by atoms with van der Waals surface area (Å²) in [5.74, 6) is 0.930. The molecular weight excluding hydrogens is 454 g/mol. The van der Waals surface area contributed by atoms with Gasteiger partial charge in [0, 0.05) is 0 Å². The van der Waals surface area contributed by atoms with E-state index in [9.17, 15) is 9.59 Å². The van der Waals surface area contributed by atoms with Gasteiger partial charge in [0.05, 0.1) is 29.1 Å². The molecule has 3 rings (SSSR count). The zero-order valence-corrected chi connectivity index (χ0v) is 18.9. The molecule has 2 aromatic rings. The fraction of sp³-hybridized carbons (Fsp3) is 0.273. The largest absolute Gasteiger partial charge is 0.490 e. The van der Waals surface area contributed by atoms with Gasteiger partial charge in [0.15, 0.2) is 11.5 Å². The van der Waals surface area contributed by atoms with Crippen molar-refractivity contribution in [1.82, 2.24) is 4.90 Å². The number of amides is 2. The molecule has 0 aromatic heterocycles. The number of nitrogens with zero attached hydrogens (tertiary/aromatic N) is 1. The van der Waals surface area contributed by atoms with E-state index in [2.05, 4.69) is 15.9 Å². The molecule has 0 saturated carbocycles. The molecule has 1 aliphatic rings. The third kappa shape index (κ3) is 4.85. The lowest BCUT2D eigenvalue weighted by Crippen LogP contribution is -2.27. The normalized spacial score (nSPS) is 15.3. The summed E-state index contributed by atoms with van der Waals surface area (Å²) < 4.78 is 12.1. The fourth-order valence-electron chi connectivity index (χ4n) is 2.96. The van der Waals surface area contributed by atoms with Crippen molar-refractivity contribution >= 4 is 44.9 Å². The van der Waals surface area contributed by atoms with Gasteiger partial charge in [0.1, 0.15) is 0 Å². The summed E-state index contributed by atoms with van der Waals surface area (Å²) in [5.41, 5.74) is 2.76. The molecule has 0 atom stereocenters. The van der Waals surface area contributed by atoms with Crippen LogP contribution in [0.25, 0.3) is 6.08 Å². The molecule has 0 radical (unpaired) electrons. The van der Waals surface area contributed by atoms with Gasteiger partial charge in [-0.3, -0.25) is 14.5 Å². The number of hydrogen-bond donors (Lipinski definition) is 0. The standard InChI is InChI=1S/C22H22BrNO4S/c1-4-27-18-11-15(10-17(23)20(18)28-5-2)12-19-21(25)24(22(26)29-19)13-16-9-7-6-8-14(16)3/h6-12H,4-5,13H2,1-3H3/b19-12-. The fourth-order valence-corrected chi connectivity index (χ4v) is 4.38. The third-order valence-corrected chi connectivity index (χ3v) is 5.88. The minimum atomic E-state index is -0.286. The van der Waals surface area contributed by atoms with E-state index < -0.39 is 0 Å². The highest BCUT2D eigenvalue weighted by atomic mass is 79.9. The molecule has 0 aliphatic carbocycles. The Labute approximate surface area is 183 Å². The van der Waals surface area contributed by atoms with Gasteiger partial charge in [-0.15, -0.1) is 0 Å². The summed E-state index contributed by atoms with van der Waals surface area (Å²) in [6.45, 7) is 7.04. The molecule has 2 amide bonds. The molecule has 0 bridgehead atoms. The molecule has 7 heteroatoms. The van der Waals surface area contributed by atoms with Crippen molar-refractivity contribution in [2.24, 2.45) is 0 Å². The lowest BCUT2D eigenvalue weighted by atomic mass is 10.1. The maximum absolute atomic E-state index is 12.8. The molecule has 1 heterocycles. The topological polar surface area (TPSA) is 55.8 Å². The predicted molar refractivity (Wildman–Crippen MR) is 119 cm³/mol. The van der Waals surface area contributed by atoms with Crippen LogP contribution in [0.2, 0.25) is 0 Å². The number of hydrogen-bond acceptors (Lipinski definition) is 5. The van der Waals surface area contributed by atoms with Crippen LogP contribution in [0.1, 0.15) is 30.5 Å². The lowest BCUT2D eigenvalue weighted by Gasteiger charge is -2.14. The minimum Gasteiger partial charge on any atom is -0.490 e. The van der Waals surface area contributed by atoms with Gasteiger partial charge in [0.25, 0.3) is 11.1 Å². The van der Waals surface area contributed by atoms with Crippen molar-refractivity contribution in [3.8, 4) is 11.5 Å². The quantitative estimate of drug-likeness (QED) is 0.474. The molecule has 1 saturated heterocycles. The average Bonchev–Trinajstić information content (AvgIpc) is 2.94. The van der Waals surface area contributed by atoms with Crippen LogP contribution >= 0.6 is 27.7 Å². The number of halogens is 1. The van der Waals surface area contributed by atoms with Gasteiger partial charge >= 0.3 is 0 Å². The highest BCUT2D eigenvalue weighted by molar-refractivity contribution is 9.10. The Morgan fingerprint density at radius 1 is 1.10 bits per heavy atom. The van der Waals surface area contributed by atoms with Gasteiger partial charge in [-0.2, -0.15) is 0 Å². The van der Waals surface area contributed by atoms with Crippen LogP contribution < -0.4 is 9.47 Å². The predicted octanol–water partition coefficient (Wildman–Crippen LogP) is 5.79. The molecule has 1 fully saturated rings. The van der Waals surface area contributed by atoms with Crippen LogP contribution in [0.15, 0.2) is 45.8 Å². The van der Waals surface area contributed by atoms with Crippen LogP contribution in [0.5, 0.6) is 11.5 Å². The zero-order chi connectivity index (χ0) is 21.0. The third-order valence-electron chi connectivity index (χ3n) is 4.38. The average molecular weight is 476 g/mol. The molecular formula is C22H22BrNO4S. The van der Waals surface area contributed by atoms with Crippen molar-refractivity contribution in [3.63, 3.8) is 0 Å². The van der Waals surface area contributed by atoms with Crippen LogP contribution in [-0.4, -0.2) is 29.3 Å². The Morgan fingerprint density at radius 3 is 2.52 bits per heavy atom. The number of carbonyl (C=O) groups excluding carboxylic acids is 2. The molecule has 2 aromatic carbocycles. The van der Waals surface area contributed by atoms with E-state index in [1.807, 2.05) is 57.2 Å². The molecule has 5 nitrogen and oxygen atoms in total. The van der Waals surface area contributed by atoms with Crippen molar-refractivity contribution in [3.05, 3.63) is 62.5 Å². The highest BCUT2D eigenvalue weighted by Gasteiger charge is 2.35. The Hall–Kier alpha value is -2.25. The van der Waals surface area contributed by atoms with Gasteiger partial charge in [0.2, 0.25) is 0 Å². The van der Waals surface area contributed by atoms with Gasteiger partial charge in [-0.05, 0) is 83.4 Å². The number of aryl methyl sites for hydroxylation is 1. The van der Waals surface area contributed by atoms with E-state index in [0.717, 1.165) is 32.9 Å². The lowest BCUT2D eigenvalue weighted by molar-refractivity contribution is -0.123. The first-order valence-electron chi connectivity index (χ1n) is 9.33. The first-order valence-corrected chi connectivity index (χ1v) is 10.9. The van der Waals surface area contributed by atoms with Crippen molar-refractivity contribution in [1.29, 1.82) is 0 Å². The number of benzene rings is 2. The number of rotatable bonds is 7. The maximum Gasteiger partial charge on any atom is 0.293 e. The van der Waals surface area contributed by atoms with E-state index in [4.69, 9.17) is 9.47 Å². The van der Waals surface area contributed by atoms with Gasteiger partial charge in [-0.1, -0.05) is 24.3 Å². The number of carbonyl (C=O) groups is 2. The van der Waals surface area contributed by atoms with Crippen LogP contribution in [0.3, 0.4) is 0 Å². The molecule has 0 N–H and O–H groups in total. The van der Waals surface area contributed by atoms with Crippen LogP contribution in [-0.2, 0) is 11.3 Å². The van der Waals surface area contributed by atoms with Crippen LogP contribution in [0, 0.1) is 6.92 Å². The first kappa shape index (κ1) is 21.5. The smallest absolute Gasteiger partial charge is 0.293 e. The first-order chi connectivity index (χ1) is 13.9. The van der Waals surface area contributed by atoms with Gasteiger partial charge in [-0.25, -0.2) is 0 Å². The summed E-state index contributed by atoms with van der Waals surface area (Å²) in [7, 11) is 0. The SMILES string of the molecule is CCOc1cc(/C=C2\SC(=O)N(Cc3ccccc3C)C2=O)cc(Br)c1OCC. The Morgan fingerprint density at radius 2 is 1.83 bits per heavy atom. The van der Waals surface area contributed by atoms with Crippen LogP contribution in [0.4, 0.5) is 4.79 Å². The Kier molecular flexibility index (Phi) is 7.03. The number of imide groups is 1. The zero-order valence-electron chi connectivity index (χ0n) is 16.5. The van der Waals surface area contributed by atoms with E-state index >= 15 is 0 Å². The second-order valence-corrected chi connectivity index (χ2v) is 8.24. The monoisotopic (exact) mass is 475 g/mol. The van der Waals surface area contributed by atoms with E-state index in [-0.39, 0.29) is 17.7 Å². The molecule has 0 unspecified atom stereocenters. The highest BCUT2D eigenvalue weighted by Crippen LogP contribution is 2.39. The summed E-state index contributed by atoms with van der Waals surface area (Å²) in [5, 5.41) is -0.264. The molecule has 29 heavy (non-hydrogen) atoms. The summed E-state index contributed by atoms with van der Waals surface area (Å²) in [6.07, 6.45) is 1.71. The molecule has 1 aliphatic heterocycles. The second-order valence-electron chi connectivity index (χ2n) is 6.39. The van der Waals surface area contributed by atoms with Crippen molar-refractivity contribution in [2.75, 3.05) is 13.2 Å².